The van der Waals surface area contributed by atoms with Crippen LogP contribution in [0.3, 0.4) is 0 Å². The van der Waals surface area contributed by atoms with Gasteiger partial charge in [-0.1, -0.05) is 19.9 Å². The predicted octanol–water partition coefficient (Wildman–Crippen LogP) is 3.50. The van der Waals surface area contributed by atoms with E-state index in [1.165, 1.54) is 24.9 Å². The average Bonchev–Trinajstić information content (AvgIpc) is 2.39. The van der Waals surface area contributed by atoms with Gasteiger partial charge in [-0.05, 0) is 64.0 Å². The summed E-state index contributed by atoms with van der Waals surface area (Å²) < 4.78 is 0. The quantitative estimate of drug-likeness (QED) is 0.705. The van der Waals surface area contributed by atoms with Gasteiger partial charge < -0.3 is 16.0 Å². The van der Waals surface area contributed by atoms with E-state index in [0.29, 0.717) is 6.04 Å². The Labute approximate surface area is 118 Å². The lowest BCUT2D eigenvalue weighted by Gasteiger charge is -2.21. The number of nitrogens with one attached hydrogen (secondary N) is 1. The fourth-order valence-corrected chi connectivity index (χ4v) is 2.29. The zero-order valence-corrected chi connectivity index (χ0v) is 12.9. The van der Waals surface area contributed by atoms with Crippen molar-refractivity contribution in [2.75, 3.05) is 30.7 Å². The van der Waals surface area contributed by atoms with Gasteiger partial charge in [-0.15, -0.1) is 0 Å². The van der Waals surface area contributed by atoms with E-state index in [1.807, 2.05) is 12.1 Å². The molecule has 1 aromatic rings. The highest BCUT2D eigenvalue weighted by Crippen LogP contribution is 2.21. The number of aryl methyl sites for hydroxylation is 1. The predicted molar refractivity (Wildman–Crippen MR) is 85.7 cm³/mol. The summed E-state index contributed by atoms with van der Waals surface area (Å²) in [6.07, 6.45) is 2.39. The van der Waals surface area contributed by atoms with Crippen molar-refractivity contribution < 1.29 is 0 Å². The summed E-state index contributed by atoms with van der Waals surface area (Å²) in [5.74, 6) is 0. The van der Waals surface area contributed by atoms with Gasteiger partial charge in [0.15, 0.2) is 0 Å². The van der Waals surface area contributed by atoms with E-state index < -0.39 is 0 Å². The molecule has 0 fully saturated rings. The molecule has 0 radical (unpaired) electrons. The number of hydrogen-bond acceptors (Lipinski definition) is 3. The molecule has 3 N–H and O–H groups in total. The van der Waals surface area contributed by atoms with Crippen LogP contribution in [-0.2, 0) is 0 Å². The van der Waals surface area contributed by atoms with E-state index >= 15 is 0 Å². The van der Waals surface area contributed by atoms with Crippen molar-refractivity contribution in [2.45, 2.75) is 46.6 Å². The Morgan fingerprint density at radius 2 is 1.95 bits per heavy atom. The fourth-order valence-electron chi connectivity index (χ4n) is 2.29. The van der Waals surface area contributed by atoms with Crippen molar-refractivity contribution in [3.63, 3.8) is 0 Å². The van der Waals surface area contributed by atoms with E-state index in [9.17, 15) is 0 Å². The largest absolute Gasteiger partial charge is 0.397 e. The van der Waals surface area contributed by atoms with Crippen LogP contribution in [0, 0.1) is 6.92 Å². The maximum atomic E-state index is 5.99. The van der Waals surface area contributed by atoms with Crippen LogP contribution in [0.25, 0.3) is 0 Å². The first-order chi connectivity index (χ1) is 9.06. The molecule has 3 heteroatoms. The van der Waals surface area contributed by atoms with Crippen LogP contribution < -0.4 is 11.1 Å². The van der Waals surface area contributed by atoms with Crippen LogP contribution in [0.1, 0.15) is 39.2 Å². The SMILES string of the molecule is CCN(CC)CCCC(C)Nc1cc(C)ccc1N. The molecule has 108 valence electrons. The third-order valence-electron chi connectivity index (χ3n) is 3.62. The molecule has 0 spiro atoms. The zero-order chi connectivity index (χ0) is 14.3. The van der Waals surface area contributed by atoms with Gasteiger partial charge in [0, 0.05) is 6.04 Å². The molecule has 1 rings (SSSR count). The minimum Gasteiger partial charge on any atom is -0.397 e. The zero-order valence-electron chi connectivity index (χ0n) is 12.9. The molecule has 1 aromatic carbocycles. The Morgan fingerprint density at radius 1 is 1.26 bits per heavy atom. The van der Waals surface area contributed by atoms with Crippen LogP contribution in [-0.4, -0.2) is 30.6 Å². The highest BCUT2D eigenvalue weighted by Gasteiger charge is 2.06. The van der Waals surface area contributed by atoms with Gasteiger partial charge in [-0.3, -0.25) is 0 Å². The first-order valence-electron chi connectivity index (χ1n) is 7.41. The van der Waals surface area contributed by atoms with E-state index in [4.69, 9.17) is 5.73 Å². The molecule has 0 heterocycles. The molecule has 1 atom stereocenters. The molecule has 1 unspecified atom stereocenters. The number of anilines is 2. The van der Waals surface area contributed by atoms with E-state index in [0.717, 1.165) is 24.5 Å². The summed E-state index contributed by atoms with van der Waals surface area (Å²) in [5.41, 5.74) is 9.13. The summed E-state index contributed by atoms with van der Waals surface area (Å²) in [6, 6.07) is 6.60. The minimum absolute atomic E-state index is 0.458. The molecule has 3 nitrogen and oxygen atoms in total. The van der Waals surface area contributed by atoms with Gasteiger partial charge in [0.1, 0.15) is 0 Å². The Balaban J connectivity index is 2.38. The van der Waals surface area contributed by atoms with Crippen molar-refractivity contribution >= 4 is 11.4 Å². The summed E-state index contributed by atoms with van der Waals surface area (Å²) in [6.45, 7) is 12.2. The fraction of sp³-hybridized carbons (Fsp3) is 0.625. The number of benzene rings is 1. The summed E-state index contributed by atoms with van der Waals surface area (Å²) in [5, 5.41) is 3.52. The molecule has 0 aliphatic heterocycles. The maximum Gasteiger partial charge on any atom is 0.0578 e. The molecule has 0 aliphatic carbocycles. The number of nitrogens with zero attached hydrogens (tertiary/aromatic N) is 1. The molecular formula is C16H29N3. The number of nitrogens with two attached hydrogens (primary N) is 1. The van der Waals surface area contributed by atoms with Crippen LogP contribution in [0.4, 0.5) is 11.4 Å². The lowest BCUT2D eigenvalue weighted by molar-refractivity contribution is 0.295. The highest BCUT2D eigenvalue weighted by molar-refractivity contribution is 5.67. The first kappa shape index (κ1) is 15.8. The van der Waals surface area contributed by atoms with Gasteiger partial charge >= 0.3 is 0 Å². The van der Waals surface area contributed by atoms with E-state index in [1.54, 1.807) is 0 Å². The smallest absolute Gasteiger partial charge is 0.0578 e. The second kappa shape index (κ2) is 8.05. The number of hydrogen-bond donors (Lipinski definition) is 2. The molecule has 0 saturated heterocycles. The molecule has 0 amide bonds. The summed E-state index contributed by atoms with van der Waals surface area (Å²) in [7, 11) is 0. The number of rotatable bonds is 8. The molecular weight excluding hydrogens is 234 g/mol. The van der Waals surface area contributed by atoms with Gasteiger partial charge in [0.25, 0.3) is 0 Å². The summed E-state index contributed by atoms with van der Waals surface area (Å²) >= 11 is 0. The second-order valence-corrected chi connectivity index (χ2v) is 5.31. The monoisotopic (exact) mass is 263 g/mol. The molecule has 0 aliphatic rings. The minimum atomic E-state index is 0.458. The Kier molecular flexibility index (Phi) is 6.71. The van der Waals surface area contributed by atoms with E-state index in [-0.39, 0.29) is 0 Å². The van der Waals surface area contributed by atoms with Crippen molar-refractivity contribution in [2.24, 2.45) is 0 Å². The van der Waals surface area contributed by atoms with Crippen molar-refractivity contribution in [1.82, 2.24) is 4.90 Å². The maximum absolute atomic E-state index is 5.99. The Bertz CT molecular complexity index is 372. The van der Waals surface area contributed by atoms with Crippen molar-refractivity contribution in [3.05, 3.63) is 23.8 Å². The average molecular weight is 263 g/mol. The van der Waals surface area contributed by atoms with Gasteiger partial charge in [-0.2, -0.15) is 0 Å². The first-order valence-corrected chi connectivity index (χ1v) is 7.41. The molecule has 0 bridgehead atoms. The lowest BCUT2D eigenvalue weighted by Crippen LogP contribution is -2.25. The Morgan fingerprint density at radius 3 is 2.58 bits per heavy atom. The lowest BCUT2D eigenvalue weighted by atomic mass is 10.1. The van der Waals surface area contributed by atoms with Crippen molar-refractivity contribution in [1.29, 1.82) is 0 Å². The number of nitrogen functional groups attached to an aromatic ring is 1. The third-order valence-corrected chi connectivity index (χ3v) is 3.62. The van der Waals surface area contributed by atoms with E-state index in [2.05, 4.69) is 44.0 Å². The van der Waals surface area contributed by atoms with Gasteiger partial charge in [0.05, 0.1) is 11.4 Å². The highest BCUT2D eigenvalue weighted by atomic mass is 15.1. The van der Waals surface area contributed by atoms with Crippen LogP contribution in [0.5, 0.6) is 0 Å². The van der Waals surface area contributed by atoms with Gasteiger partial charge in [-0.25, -0.2) is 0 Å². The Hall–Kier alpha value is -1.22. The molecule has 0 saturated carbocycles. The van der Waals surface area contributed by atoms with Crippen LogP contribution >= 0.6 is 0 Å². The third kappa shape index (κ3) is 5.52. The topological polar surface area (TPSA) is 41.3 Å². The summed E-state index contributed by atoms with van der Waals surface area (Å²) in [4.78, 5) is 2.47. The molecule has 19 heavy (non-hydrogen) atoms. The molecule has 0 aromatic heterocycles. The normalized spacial score (nSPS) is 12.7. The van der Waals surface area contributed by atoms with Crippen LogP contribution in [0.15, 0.2) is 18.2 Å². The second-order valence-electron chi connectivity index (χ2n) is 5.31. The van der Waals surface area contributed by atoms with Crippen molar-refractivity contribution in [3.8, 4) is 0 Å². The standard InChI is InChI=1S/C16H29N3/c1-5-19(6-2)11-7-8-14(4)18-16-12-13(3)9-10-15(16)17/h9-10,12,14,18H,5-8,11,17H2,1-4H3. The van der Waals surface area contributed by atoms with Gasteiger partial charge in [0.2, 0.25) is 0 Å². The van der Waals surface area contributed by atoms with Crippen LogP contribution in [0.2, 0.25) is 0 Å².